The average molecular weight is 314 g/mol. The predicted octanol–water partition coefficient (Wildman–Crippen LogP) is 1.67. The number of hydrogen-bond donors (Lipinski definition) is 2. The molecular weight excluding hydrogens is 288 g/mol. The summed E-state index contributed by atoms with van der Waals surface area (Å²) in [6.45, 7) is 8.77. The summed E-state index contributed by atoms with van der Waals surface area (Å²) < 4.78 is 32.2. The van der Waals surface area contributed by atoms with Gasteiger partial charge in [0, 0.05) is 19.7 Å². The molecule has 1 rings (SSSR count). The first-order chi connectivity index (χ1) is 10.0. The van der Waals surface area contributed by atoms with Gasteiger partial charge in [0.1, 0.15) is 0 Å². The Hall–Kier alpha value is -0.950. The van der Waals surface area contributed by atoms with Gasteiger partial charge >= 0.3 is 0 Å². The lowest BCUT2D eigenvalue weighted by Gasteiger charge is -2.12. The standard InChI is InChI=1S/C15H26N2O3S/c1-4-13-7-8-15(11-14(13)12-16-5-2)21(18,19)17-9-10-20-6-3/h7-8,11,16-17H,4-6,9-10,12H2,1-3H3. The van der Waals surface area contributed by atoms with E-state index >= 15 is 0 Å². The van der Waals surface area contributed by atoms with Gasteiger partial charge in [-0.25, -0.2) is 13.1 Å². The number of nitrogens with one attached hydrogen (secondary N) is 2. The van der Waals surface area contributed by atoms with Crippen LogP contribution in [0.2, 0.25) is 0 Å². The topological polar surface area (TPSA) is 67.4 Å². The summed E-state index contributed by atoms with van der Waals surface area (Å²) in [5.74, 6) is 0. The molecule has 0 aliphatic rings. The fourth-order valence-corrected chi connectivity index (χ4v) is 3.08. The van der Waals surface area contributed by atoms with Crippen molar-refractivity contribution in [2.24, 2.45) is 0 Å². The molecule has 1 aromatic rings. The third-order valence-electron chi connectivity index (χ3n) is 3.18. The largest absolute Gasteiger partial charge is 0.380 e. The van der Waals surface area contributed by atoms with Crippen LogP contribution >= 0.6 is 0 Å². The Morgan fingerprint density at radius 1 is 1.14 bits per heavy atom. The number of hydrogen-bond acceptors (Lipinski definition) is 4. The lowest BCUT2D eigenvalue weighted by atomic mass is 10.1. The maximum absolute atomic E-state index is 12.2. The summed E-state index contributed by atoms with van der Waals surface area (Å²) in [5, 5.41) is 3.24. The second kappa shape index (κ2) is 9.15. The molecular formula is C15H26N2O3S. The van der Waals surface area contributed by atoms with Gasteiger partial charge in [0.15, 0.2) is 0 Å². The fraction of sp³-hybridized carbons (Fsp3) is 0.600. The monoisotopic (exact) mass is 314 g/mol. The Kier molecular flexibility index (Phi) is 7.88. The molecule has 0 radical (unpaired) electrons. The Morgan fingerprint density at radius 3 is 2.52 bits per heavy atom. The van der Waals surface area contributed by atoms with Crippen molar-refractivity contribution in [2.45, 2.75) is 38.6 Å². The third kappa shape index (κ3) is 5.74. The molecule has 0 aliphatic heterocycles. The number of sulfonamides is 1. The molecule has 2 N–H and O–H groups in total. The quantitative estimate of drug-likeness (QED) is 0.645. The van der Waals surface area contributed by atoms with Gasteiger partial charge < -0.3 is 10.1 Å². The lowest BCUT2D eigenvalue weighted by Crippen LogP contribution is -2.27. The summed E-state index contributed by atoms with van der Waals surface area (Å²) in [5.41, 5.74) is 2.20. The molecule has 0 aliphatic carbocycles. The molecule has 0 atom stereocenters. The molecule has 6 heteroatoms. The van der Waals surface area contributed by atoms with Gasteiger partial charge in [-0.2, -0.15) is 0 Å². The Bertz CT molecular complexity index is 530. The first-order valence-corrected chi connectivity index (χ1v) is 8.93. The van der Waals surface area contributed by atoms with Gasteiger partial charge in [0.05, 0.1) is 11.5 Å². The van der Waals surface area contributed by atoms with Crippen molar-refractivity contribution in [2.75, 3.05) is 26.3 Å². The van der Waals surface area contributed by atoms with Gasteiger partial charge in [0.2, 0.25) is 10.0 Å². The molecule has 0 spiro atoms. The van der Waals surface area contributed by atoms with E-state index in [0.29, 0.717) is 24.7 Å². The zero-order valence-electron chi connectivity index (χ0n) is 13.1. The summed E-state index contributed by atoms with van der Waals surface area (Å²) in [6, 6.07) is 5.31. The molecule has 0 amide bonds. The van der Waals surface area contributed by atoms with E-state index in [2.05, 4.69) is 17.0 Å². The maximum Gasteiger partial charge on any atom is 0.240 e. The molecule has 0 saturated heterocycles. The molecule has 21 heavy (non-hydrogen) atoms. The van der Waals surface area contributed by atoms with E-state index in [4.69, 9.17) is 4.74 Å². The minimum Gasteiger partial charge on any atom is -0.380 e. The smallest absolute Gasteiger partial charge is 0.240 e. The van der Waals surface area contributed by atoms with E-state index in [1.807, 2.05) is 19.9 Å². The number of rotatable bonds is 10. The first-order valence-electron chi connectivity index (χ1n) is 7.45. The molecule has 5 nitrogen and oxygen atoms in total. The van der Waals surface area contributed by atoms with Crippen LogP contribution in [0.5, 0.6) is 0 Å². The average Bonchev–Trinajstić information content (AvgIpc) is 2.49. The van der Waals surface area contributed by atoms with Crippen molar-refractivity contribution in [1.29, 1.82) is 0 Å². The third-order valence-corrected chi connectivity index (χ3v) is 4.64. The highest BCUT2D eigenvalue weighted by Gasteiger charge is 2.15. The maximum atomic E-state index is 12.2. The van der Waals surface area contributed by atoms with Crippen LogP contribution in [0.15, 0.2) is 23.1 Å². The van der Waals surface area contributed by atoms with Gasteiger partial charge in [-0.15, -0.1) is 0 Å². The zero-order valence-corrected chi connectivity index (χ0v) is 13.9. The SMILES string of the molecule is CCNCc1cc(S(=O)(=O)NCCOCC)ccc1CC. The first kappa shape index (κ1) is 18.1. The van der Waals surface area contributed by atoms with Crippen molar-refractivity contribution in [3.8, 4) is 0 Å². The number of aryl methyl sites for hydroxylation is 1. The Balaban J connectivity index is 2.85. The van der Waals surface area contributed by atoms with Crippen molar-refractivity contribution in [3.05, 3.63) is 29.3 Å². The number of ether oxygens (including phenoxy) is 1. The predicted molar refractivity (Wildman–Crippen MR) is 84.9 cm³/mol. The van der Waals surface area contributed by atoms with Crippen LogP contribution in [0.25, 0.3) is 0 Å². The van der Waals surface area contributed by atoms with Crippen LogP contribution in [0.4, 0.5) is 0 Å². The van der Waals surface area contributed by atoms with Crippen LogP contribution in [0.1, 0.15) is 31.9 Å². The van der Waals surface area contributed by atoms with Crippen LogP contribution in [-0.4, -0.2) is 34.7 Å². The van der Waals surface area contributed by atoms with Crippen LogP contribution < -0.4 is 10.0 Å². The second-order valence-electron chi connectivity index (χ2n) is 4.66. The van der Waals surface area contributed by atoms with E-state index in [-0.39, 0.29) is 6.54 Å². The van der Waals surface area contributed by atoms with Crippen molar-refractivity contribution in [3.63, 3.8) is 0 Å². The molecule has 0 fully saturated rings. The lowest BCUT2D eigenvalue weighted by molar-refractivity contribution is 0.153. The van der Waals surface area contributed by atoms with E-state index in [9.17, 15) is 8.42 Å². The molecule has 0 heterocycles. The minimum absolute atomic E-state index is 0.286. The van der Waals surface area contributed by atoms with E-state index < -0.39 is 10.0 Å². The number of benzene rings is 1. The second-order valence-corrected chi connectivity index (χ2v) is 6.43. The van der Waals surface area contributed by atoms with Gasteiger partial charge in [-0.3, -0.25) is 0 Å². The highest BCUT2D eigenvalue weighted by Crippen LogP contribution is 2.16. The van der Waals surface area contributed by atoms with Crippen molar-refractivity contribution < 1.29 is 13.2 Å². The van der Waals surface area contributed by atoms with Crippen LogP contribution in [0, 0.1) is 0 Å². The summed E-state index contributed by atoms with van der Waals surface area (Å²) in [7, 11) is -3.47. The Labute approximate surface area is 128 Å². The fourth-order valence-electron chi connectivity index (χ4n) is 2.01. The zero-order chi connectivity index (χ0) is 15.7. The van der Waals surface area contributed by atoms with Crippen LogP contribution in [-0.2, 0) is 27.7 Å². The highest BCUT2D eigenvalue weighted by atomic mass is 32.2. The minimum atomic E-state index is -3.47. The van der Waals surface area contributed by atoms with E-state index in [1.165, 1.54) is 5.56 Å². The summed E-state index contributed by atoms with van der Waals surface area (Å²) in [6.07, 6.45) is 0.888. The molecule has 120 valence electrons. The van der Waals surface area contributed by atoms with Gasteiger partial charge in [0.25, 0.3) is 0 Å². The van der Waals surface area contributed by atoms with Gasteiger partial charge in [-0.1, -0.05) is 19.9 Å². The Morgan fingerprint density at radius 2 is 1.90 bits per heavy atom. The van der Waals surface area contributed by atoms with Gasteiger partial charge in [-0.05, 0) is 43.1 Å². The molecule has 0 saturated carbocycles. The van der Waals surface area contributed by atoms with E-state index in [1.54, 1.807) is 12.1 Å². The molecule has 0 aromatic heterocycles. The normalized spacial score (nSPS) is 11.8. The van der Waals surface area contributed by atoms with Crippen molar-refractivity contribution >= 4 is 10.0 Å². The van der Waals surface area contributed by atoms with E-state index in [0.717, 1.165) is 18.5 Å². The van der Waals surface area contributed by atoms with Crippen LogP contribution in [0.3, 0.4) is 0 Å². The summed E-state index contributed by atoms with van der Waals surface area (Å²) in [4.78, 5) is 0.309. The molecule has 0 unspecified atom stereocenters. The van der Waals surface area contributed by atoms with Crippen molar-refractivity contribution in [1.82, 2.24) is 10.0 Å². The molecule has 0 bridgehead atoms. The molecule has 1 aromatic carbocycles. The summed E-state index contributed by atoms with van der Waals surface area (Å²) >= 11 is 0. The highest BCUT2D eigenvalue weighted by molar-refractivity contribution is 7.89.